The van der Waals surface area contributed by atoms with Crippen molar-refractivity contribution in [3.05, 3.63) is 40.1 Å². The van der Waals surface area contributed by atoms with Crippen LogP contribution in [0.25, 0.3) is 0 Å². The summed E-state index contributed by atoms with van der Waals surface area (Å²) in [4.78, 5) is 8.91. The fourth-order valence-electron chi connectivity index (χ4n) is 1.92. The van der Waals surface area contributed by atoms with Gasteiger partial charge in [-0.15, -0.1) is 11.3 Å². The molecule has 1 atom stereocenters. The maximum absolute atomic E-state index is 4.33. The van der Waals surface area contributed by atoms with Crippen LogP contribution >= 0.6 is 11.3 Å². The predicted molar refractivity (Wildman–Crippen MR) is 56.5 cm³/mol. The van der Waals surface area contributed by atoms with E-state index >= 15 is 0 Å². The molecule has 0 saturated heterocycles. The van der Waals surface area contributed by atoms with Crippen molar-refractivity contribution in [1.82, 2.24) is 15.3 Å². The van der Waals surface area contributed by atoms with Gasteiger partial charge in [-0.3, -0.25) is 0 Å². The SMILES string of the molecule is c1csc([C@@H]2NCCc3nc[nH]c32)c1. The summed E-state index contributed by atoms with van der Waals surface area (Å²) in [5, 5.41) is 5.62. The van der Waals surface area contributed by atoms with Gasteiger partial charge in [0.1, 0.15) is 0 Å². The van der Waals surface area contributed by atoms with E-state index in [1.807, 2.05) is 0 Å². The van der Waals surface area contributed by atoms with E-state index in [1.54, 1.807) is 17.7 Å². The van der Waals surface area contributed by atoms with Crippen molar-refractivity contribution < 1.29 is 0 Å². The zero-order valence-corrected chi connectivity index (χ0v) is 8.47. The lowest BCUT2D eigenvalue weighted by Gasteiger charge is -2.21. The lowest BCUT2D eigenvalue weighted by atomic mass is 10.0. The molecule has 0 unspecified atom stereocenters. The highest BCUT2D eigenvalue weighted by molar-refractivity contribution is 7.10. The highest BCUT2D eigenvalue weighted by Crippen LogP contribution is 2.28. The highest BCUT2D eigenvalue weighted by atomic mass is 32.1. The number of rotatable bonds is 1. The Morgan fingerprint density at radius 3 is 3.36 bits per heavy atom. The summed E-state index contributed by atoms with van der Waals surface area (Å²) >= 11 is 1.79. The first-order valence-electron chi connectivity index (χ1n) is 4.74. The van der Waals surface area contributed by atoms with Crippen LogP contribution in [0.2, 0.25) is 0 Å². The smallest absolute Gasteiger partial charge is 0.0925 e. The summed E-state index contributed by atoms with van der Waals surface area (Å²) in [5.74, 6) is 0. The van der Waals surface area contributed by atoms with Gasteiger partial charge in [0.05, 0.1) is 23.8 Å². The molecule has 14 heavy (non-hydrogen) atoms. The molecule has 0 fully saturated rings. The third kappa shape index (κ3) is 1.19. The minimum atomic E-state index is 0.321. The number of aromatic amines is 1. The molecule has 2 N–H and O–H groups in total. The van der Waals surface area contributed by atoms with E-state index < -0.39 is 0 Å². The number of hydrogen-bond donors (Lipinski definition) is 2. The van der Waals surface area contributed by atoms with E-state index in [2.05, 4.69) is 32.8 Å². The van der Waals surface area contributed by atoms with Crippen molar-refractivity contribution in [2.45, 2.75) is 12.5 Å². The molecule has 0 spiro atoms. The van der Waals surface area contributed by atoms with E-state index in [-0.39, 0.29) is 0 Å². The number of thiophene rings is 1. The largest absolute Gasteiger partial charge is 0.347 e. The molecule has 0 radical (unpaired) electrons. The van der Waals surface area contributed by atoms with Crippen LogP contribution in [0.4, 0.5) is 0 Å². The fraction of sp³-hybridized carbons (Fsp3) is 0.300. The Hall–Kier alpha value is -1.13. The van der Waals surface area contributed by atoms with Crippen molar-refractivity contribution in [1.29, 1.82) is 0 Å². The molecule has 3 nitrogen and oxygen atoms in total. The lowest BCUT2D eigenvalue weighted by molar-refractivity contribution is 0.560. The summed E-state index contributed by atoms with van der Waals surface area (Å²) in [5.41, 5.74) is 2.45. The van der Waals surface area contributed by atoms with Gasteiger partial charge in [0, 0.05) is 17.8 Å². The molecule has 4 heteroatoms. The second-order valence-electron chi connectivity index (χ2n) is 3.42. The number of imidazole rings is 1. The third-order valence-corrected chi connectivity index (χ3v) is 3.52. The summed E-state index contributed by atoms with van der Waals surface area (Å²) in [6.45, 7) is 1.01. The topological polar surface area (TPSA) is 40.7 Å². The Morgan fingerprint density at radius 1 is 1.50 bits per heavy atom. The Bertz CT molecular complexity index is 418. The van der Waals surface area contributed by atoms with Crippen LogP contribution in [-0.4, -0.2) is 16.5 Å². The second-order valence-corrected chi connectivity index (χ2v) is 4.39. The Kier molecular flexibility index (Phi) is 1.89. The van der Waals surface area contributed by atoms with Gasteiger partial charge in [0.15, 0.2) is 0 Å². The lowest BCUT2D eigenvalue weighted by Crippen LogP contribution is -2.30. The third-order valence-electron chi connectivity index (χ3n) is 2.58. The molecule has 0 amide bonds. The minimum absolute atomic E-state index is 0.321. The number of fused-ring (bicyclic) bond motifs is 1. The molecule has 0 saturated carbocycles. The quantitative estimate of drug-likeness (QED) is 0.744. The molecule has 72 valence electrons. The summed E-state index contributed by atoms with van der Waals surface area (Å²) in [6.07, 6.45) is 2.82. The second kappa shape index (κ2) is 3.22. The molecule has 0 aliphatic carbocycles. The van der Waals surface area contributed by atoms with Gasteiger partial charge < -0.3 is 10.3 Å². The van der Waals surface area contributed by atoms with Gasteiger partial charge in [-0.2, -0.15) is 0 Å². The molecule has 3 rings (SSSR count). The minimum Gasteiger partial charge on any atom is -0.347 e. The summed E-state index contributed by atoms with van der Waals surface area (Å²) in [6, 6.07) is 4.58. The van der Waals surface area contributed by atoms with Crippen LogP contribution in [0, 0.1) is 0 Å². The van der Waals surface area contributed by atoms with Crippen molar-refractivity contribution >= 4 is 11.3 Å². The number of hydrogen-bond acceptors (Lipinski definition) is 3. The van der Waals surface area contributed by atoms with Gasteiger partial charge in [-0.25, -0.2) is 4.98 Å². The average Bonchev–Trinajstić information content (AvgIpc) is 2.88. The normalized spacial score (nSPS) is 20.7. The molecule has 1 aliphatic rings. The number of aromatic nitrogens is 2. The monoisotopic (exact) mass is 205 g/mol. The van der Waals surface area contributed by atoms with E-state index in [9.17, 15) is 0 Å². The molecule has 0 aromatic carbocycles. The zero-order valence-electron chi connectivity index (χ0n) is 7.66. The first-order valence-corrected chi connectivity index (χ1v) is 5.62. The van der Waals surface area contributed by atoms with E-state index in [4.69, 9.17) is 0 Å². The summed E-state index contributed by atoms with van der Waals surface area (Å²) in [7, 11) is 0. The van der Waals surface area contributed by atoms with Crippen LogP contribution in [0.5, 0.6) is 0 Å². The molecule has 2 aromatic heterocycles. The van der Waals surface area contributed by atoms with Crippen molar-refractivity contribution in [2.75, 3.05) is 6.54 Å². The number of nitrogens with zero attached hydrogens (tertiary/aromatic N) is 1. The molecular formula is C10H11N3S. The summed E-state index contributed by atoms with van der Waals surface area (Å²) < 4.78 is 0. The Labute approximate surface area is 86.2 Å². The van der Waals surface area contributed by atoms with Gasteiger partial charge in [0.25, 0.3) is 0 Å². The van der Waals surface area contributed by atoms with Gasteiger partial charge in [-0.1, -0.05) is 6.07 Å². The van der Waals surface area contributed by atoms with Gasteiger partial charge >= 0.3 is 0 Å². The van der Waals surface area contributed by atoms with Crippen LogP contribution in [-0.2, 0) is 6.42 Å². The van der Waals surface area contributed by atoms with Crippen LogP contribution in [0.3, 0.4) is 0 Å². The van der Waals surface area contributed by atoms with Crippen molar-refractivity contribution in [2.24, 2.45) is 0 Å². The van der Waals surface area contributed by atoms with Gasteiger partial charge in [0.2, 0.25) is 0 Å². The van der Waals surface area contributed by atoms with Crippen LogP contribution in [0.1, 0.15) is 22.3 Å². The van der Waals surface area contributed by atoms with E-state index in [1.165, 1.54) is 16.3 Å². The van der Waals surface area contributed by atoms with E-state index in [0.29, 0.717) is 6.04 Å². The first kappa shape index (κ1) is 8.20. The standard InChI is InChI=1S/C10H11N3S/c1-2-8(14-5-1)10-9-7(3-4-11-10)12-6-13-9/h1-2,5-6,10-11H,3-4H2,(H,12,13)/t10-/m0/s1. The molecular weight excluding hydrogens is 194 g/mol. The molecule has 2 aromatic rings. The fourth-order valence-corrected chi connectivity index (χ4v) is 2.73. The maximum Gasteiger partial charge on any atom is 0.0925 e. The van der Waals surface area contributed by atoms with Crippen LogP contribution in [0.15, 0.2) is 23.8 Å². The maximum atomic E-state index is 4.33. The van der Waals surface area contributed by atoms with Crippen LogP contribution < -0.4 is 5.32 Å². The highest BCUT2D eigenvalue weighted by Gasteiger charge is 2.23. The zero-order chi connectivity index (χ0) is 9.38. The number of nitrogens with one attached hydrogen (secondary N) is 2. The van der Waals surface area contributed by atoms with Crippen molar-refractivity contribution in [3.63, 3.8) is 0 Å². The Morgan fingerprint density at radius 2 is 2.50 bits per heavy atom. The molecule has 3 heterocycles. The molecule has 1 aliphatic heterocycles. The molecule has 0 bridgehead atoms. The average molecular weight is 205 g/mol. The Balaban J connectivity index is 2.04. The number of H-pyrrole nitrogens is 1. The van der Waals surface area contributed by atoms with Gasteiger partial charge in [-0.05, 0) is 11.4 Å². The first-order chi connectivity index (χ1) is 6.95. The van der Waals surface area contributed by atoms with E-state index in [0.717, 1.165) is 13.0 Å². The van der Waals surface area contributed by atoms with Crippen molar-refractivity contribution in [3.8, 4) is 0 Å². The predicted octanol–water partition coefficient (Wildman–Crippen LogP) is 1.71.